The minimum absolute atomic E-state index is 0.251. The molecule has 0 saturated carbocycles. The number of amidine groups is 1. The summed E-state index contributed by atoms with van der Waals surface area (Å²) in [5.74, 6) is 0.765. The maximum Gasteiger partial charge on any atom is 0.150 e. The third kappa shape index (κ3) is 1.90. The molecule has 0 unspecified atom stereocenters. The highest BCUT2D eigenvalue weighted by molar-refractivity contribution is 6.32. The summed E-state index contributed by atoms with van der Waals surface area (Å²) in [7, 11) is 1.49. The number of anilines is 1. The van der Waals surface area contributed by atoms with Gasteiger partial charge in [0.25, 0.3) is 0 Å². The van der Waals surface area contributed by atoms with Crippen LogP contribution in [0.5, 0.6) is 5.75 Å². The number of methoxy groups -OCH3 is 1. The number of hydrogen-bond donors (Lipinski definition) is 1. The standard InChI is InChI=1S/C10H11ClFN3O/c1-6-13-5-15(14-6)9-4-10(16-2)7(11)3-8(9)12/h3-4H,5H2,1-2H3,(H,13,14). The van der Waals surface area contributed by atoms with Gasteiger partial charge in [0.2, 0.25) is 0 Å². The van der Waals surface area contributed by atoms with Gasteiger partial charge in [0.1, 0.15) is 24.1 Å². The van der Waals surface area contributed by atoms with Gasteiger partial charge in [-0.3, -0.25) is 10.4 Å². The predicted octanol–water partition coefficient (Wildman–Crippen LogP) is 2.19. The van der Waals surface area contributed by atoms with Gasteiger partial charge in [0, 0.05) is 6.07 Å². The van der Waals surface area contributed by atoms with Crippen LogP contribution in [-0.4, -0.2) is 19.6 Å². The normalized spacial score (nSPS) is 14.8. The zero-order valence-electron chi connectivity index (χ0n) is 8.92. The highest BCUT2D eigenvalue weighted by Crippen LogP contribution is 2.32. The molecule has 86 valence electrons. The van der Waals surface area contributed by atoms with E-state index in [1.54, 1.807) is 11.1 Å². The van der Waals surface area contributed by atoms with Crippen molar-refractivity contribution in [2.24, 2.45) is 4.99 Å². The highest BCUT2D eigenvalue weighted by Gasteiger charge is 2.18. The van der Waals surface area contributed by atoms with Crippen LogP contribution in [0.4, 0.5) is 10.1 Å². The number of ether oxygens (including phenoxy) is 1. The summed E-state index contributed by atoms with van der Waals surface area (Å²) in [5, 5.41) is 1.84. The van der Waals surface area contributed by atoms with Gasteiger partial charge >= 0.3 is 0 Å². The Balaban J connectivity index is 2.34. The molecule has 1 heterocycles. The summed E-state index contributed by atoms with van der Waals surface area (Å²) >= 11 is 5.80. The topological polar surface area (TPSA) is 36.9 Å². The molecule has 0 radical (unpaired) electrons. The summed E-state index contributed by atoms with van der Waals surface area (Å²) in [6.45, 7) is 2.18. The van der Waals surface area contributed by atoms with Gasteiger partial charge in [-0.05, 0) is 13.0 Å². The van der Waals surface area contributed by atoms with Crippen LogP contribution in [0.3, 0.4) is 0 Å². The van der Waals surface area contributed by atoms with Gasteiger partial charge in [-0.25, -0.2) is 9.38 Å². The van der Waals surface area contributed by atoms with Crippen molar-refractivity contribution in [3.05, 3.63) is 23.0 Å². The summed E-state index contributed by atoms with van der Waals surface area (Å²) in [5.41, 5.74) is 3.29. The molecule has 0 aromatic heterocycles. The second-order valence-electron chi connectivity index (χ2n) is 3.36. The van der Waals surface area contributed by atoms with E-state index in [-0.39, 0.29) is 5.02 Å². The number of aliphatic imine (C=N–C) groups is 1. The van der Waals surface area contributed by atoms with Gasteiger partial charge in [-0.15, -0.1) is 0 Å². The van der Waals surface area contributed by atoms with Crippen molar-refractivity contribution in [3.63, 3.8) is 0 Å². The summed E-state index contributed by atoms with van der Waals surface area (Å²) in [6, 6.07) is 2.77. The molecule has 0 fully saturated rings. The molecule has 0 amide bonds. The van der Waals surface area contributed by atoms with Crippen molar-refractivity contribution in [1.29, 1.82) is 0 Å². The summed E-state index contributed by atoms with van der Waals surface area (Å²) in [6.07, 6.45) is 0. The monoisotopic (exact) mass is 243 g/mol. The zero-order valence-corrected chi connectivity index (χ0v) is 9.68. The molecule has 2 rings (SSSR count). The van der Waals surface area contributed by atoms with E-state index in [1.165, 1.54) is 13.2 Å². The molecule has 0 spiro atoms. The molecule has 6 heteroatoms. The van der Waals surface area contributed by atoms with E-state index < -0.39 is 5.82 Å². The maximum atomic E-state index is 13.7. The van der Waals surface area contributed by atoms with E-state index in [1.807, 2.05) is 6.92 Å². The van der Waals surface area contributed by atoms with Crippen LogP contribution in [0.2, 0.25) is 5.02 Å². The Bertz CT molecular complexity index is 450. The molecule has 1 aromatic rings. The van der Waals surface area contributed by atoms with Crippen molar-refractivity contribution in [1.82, 2.24) is 5.43 Å². The van der Waals surface area contributed by atoms with Crippen molar-refractivity contribution >= 4 is 23.1 Å². The molecule has 1 aliphatic rings. The molecule has 0 saturated heterocycles. The Hall–Kier alpha value is -1.49. The lowest BCUT2D eigenvalue weighted by molar-refractivity contribution is 0.414. The molecule has 0 aliphatic carbocycles. The molecule has 0 bridgehead atoms. The van der Waals surface area contributed by atoms with Gasteiger partial charge in [-0.1, -0.05) is 11.6 Å². The molecule has 1 aliphatic heterocycles. The van der Waals surface area contributed by atoms with Crippen molar-refractivity contribution < 1.29 is 9.13 Å². The minimum atomic E-state index is -0.414. The van der Waals surface area contributed by atoms with E-state index in [0.29, 0.717) is 18.1 Å². The first-order valence-corrected chi connectivity index (χ1v) is 5.08. The SMILES string of the molecule is COc1cc(N2CN=C(C)N2)c(F)cc1Cl. The third-order valence-electron chi connectivity index (χ3n) is 2.26. The molecule has 1 N–H and O–H groups in total. The number of halogens is 2. The van der Waals surface area contributed by atoms with Crippen LogP contribution in [0, 0.1) is 5.82 Å². The molecular formula is C10H11ClFN3O. The molecule has 16 heavy (non-hydrogen) atoms. The third-order valence-corrected chi connectivity index (χ3v) is 2.55. The fourth-order valence-corrected chi connectivity index (χ4v) is 1.69. The Labute approximate surface area is 97.6 Å². The van der Waals surface area contributed by atoms with Crippen LogP contribution in [-0.2, 0) is 0 Å². The highest BCUT2D eigenvalue weighted by atomic mass is 35.5. The van der Waals surface area contributed by atoms with Crippen LogP contribution >= 0.6 is 11.6 Å². The van der Waals surface area contributed by atoms with Gasteiger partial charge in [0.05, 0.1) is 17.8 Å². The van der Waals surface area contributed by atoms with Crippen LogP contribution in [0.25, 0.3) is 0 Å². The number of hydrogen-bond acceptors (Lipinski definition) is 4. The molecule has 1 aromatic carbocycles. The molecular weight excluding hydrogens is 233 g/mol. The fourth-order valence-electron chi connectivity index (χ4n) is 1.46. The van der Waals surface area contributed by atoms with Crippen LogP contribution < -0.4 is 15.2 Å². The lowest BCUT2D eigenvalue weighted by atomic mass is 10.3. The Morgan fingerprint density at radius 3 is 2.88 bits per heavy atom. The van der Waals surface area contributed by atoms with Gasteiger partial charge in [-0.2, -0.15) is 0 Å². The first kappa shape index (κ1) is 11.0. The lowest BCUT2D eigenvalue weighted by Crippen LogP contribution is -2.35. The van der Waals surface area contributed by atoms with Crippen molar-refractivity contribution in [2.45, 2.75) is 6.92 Å². The number of rotatable bonds is 2. The van der Waals surface area contributed by atoms with E-state index >= 15 is 0 Å². The van der Waals surface area contributed by atoms with E-state index in [0.717, 1.165) is 5.84 Å². The number of nitrogens with one attached hydrogen (secondary N) is 1. The lowest BCUT2D eigenvalue weighted by Gasteiger charge is -2.19. The summed E-state index contributed by atoms with van der Waals surface area (Å²) in [4.78, 5) is 4.10. The average Bonchev–Trinajstić information content (AvgIpc) is 2.65. The first-order chi connectivity index (χ1) is 7.61. The average molecular weight is 244 g/mol. The molecule has 0 atom stereocenters. The van der Waals surface area contributed by atoms with E-state index in [4.69, 9.17) is 16.3 Å². The number of nitrogens with zero attached hydrogens (tertiary/aromatic N) is 2. The van der Waals surface area contributed by atoms with Crippen LogP contribution in [0.15, 0.2) is 17.1 Å². The van der Waals surface area contributed by atoms with E-state index in [2.05, 4.69) is 10.4 Å². The number of benzene rings is 1. The molecule has 4 nitrogen and oxygen atoms in total. The van der Waals surface area contributed by atoms with Crippen LogP contribution in [0.1, 0.15) is 6.92 Å². The second-order valence-corrected chi connectivity index (χ2v) is 3.77. The van der Waals surface area contributed by atoms with Gasteiger partial charge in [0.15, 0.2) is 0 Å². The quantitative estimate of drug-likeness (QED) is 0.865. The van der Waals surface area contributed by atoms with Crippen molar-refractivity contribution in [3.8, 4) is 5.75 Å². The Morgan fingerprint density at radius 1 is 1.56 bits per heavy atom. The minimum Gasteiger partial charge on any atom is -0.495 e. The maximum absolute atomic E-state index is 13.7. The first-order valence-electron chi connectivity index (χ1n) is 4.70. The zero-order chi connectivity index (χ0) is 11.7. The van der Waals surface area contributed by atoms with E-state index in [9.17, 15) is 4.39 Å². The number of hydrazine groups is 1. The Morgan fingerprint density at radius 2 is 2.31 bits per heavy atom. The van der Waals surface area contributed by atoms with Crippen molar-refractivity contribution in [2.75, 3.05) is 18.8 Å². The largest absolute Gasteiger partial charge is 0.495 e. The predicted molar refractivity (Wildman–Crippen MR) is 61.6 cm³/mol. The fraction of sp³-hybridized carbons (Fsp3) is 0.300. The second kappa shape index (κ2) is 4.17. The van der Waals surface area contributed by atoms with Gasteiger partial charge < -0.3 is 4.74 Å². The summed E-state index contributed by atoms with van der Waals surface area (Å²) < 4.78 is 18.7. The smallest absolute Gasteiger partial charge is 0.150 e. The Kier molecular flexibility index (Phi) is 2.87.